The zero-order valence-corrected chi connectivity index (χ0v) is 15.4. The molecule has 1 saturated carbocycles. The highest BCUT2D eigenvalue weighted by atomic mass is 35.5. The Bertz CT molecular complexity index is 989. The highest BCUT2D eigenvalue weighted by Crippen LogP contribution is 2.43. The van der Waals surface area contributed by atoms with Crippen molar-refractivity contribution in [2.45, 2.75) is 18.8 Å². The Morgan fingerprint density at radius 3 is 2.37 bits per heavy atom. The number of amides is 1. The molecular formula is C20H20ClN5O. The van der Waals surface area contributed by atoms with Crippen molar-refractivity contribution < 1.29 is 4.79 Å². The number of guanidine groups is 1. The fourth-order valence-corrected chi connectivity index (χ4v) is 3.16. The molecule has 1 amide bonds. The van der Waals surface area contributed by atoms with Crippen LogP contribution in [-0.2, 0) is 0 Å². The van der Waals surface area contributed by atoms with Crippen LogP contribution in [0.1, 0.15) is 34.8 Å². The minimum atomic E-state index is -0.449. The molecule has 27 heavy (non-hydrogen) atoms. The summed E-state index contributed by atoms with van der Waals surface area (Å²) in [7, 11) is 0. The van der Waals surface area contributed by atoms with Gasteiger partial charge in [0.25, 0.3) is 5.91 Å². The number of aromatic nitrogens is 2. The molecule has 3 aromatic rings. The molecule has 4 N–H and O–H groups in total. The Kier molecular flexibility index (Phi) is 5.28. The standard InChI is InChI=1S/C20H19N5O.ClH/c21-20(22)24-19(26)16-12-23-25(18(16)14-10-11-14)17-9-5-4-8-15(17)13-6-2-1-3-7-13;/h1-9,12,14H,10-11H2,(H4,21,22,24,26);1H. The van der Waals surface area contributed by atoms with E-state index in [0.717, 1.165) is 35.3 Å². The molecule has 6 nitrogen and oxygen atoms in total. The first kappa shape index (κ1) is 18.7. The Morgan fingerprint density at radius 1 is 1.04 bits per heavy atom. The minimum absolute atomic E-state index is 0. The van der Waals surface area contributed by atoms with E-state index in [4.69, 9.17) is 11.5 Å². The third-order valence-corrected chi connectivity index (χ3v) is 4.45. The van der Waals surface area contributed by atoms with Gasteiger partial charge in [-0.3, -0.25) is 4.79 Å². The second-order valence-electron chi connectivity index (χ2n) is 6.35. The smallest absolute Gasteiger partial charge is 0.283 e. The van der Waals surface area contributed by atoms with Crippen molar-refractivity contribution in [1.29, 1.82) is 0 Å². The Balaban J connectivity index is 0.00000210. The van der Waals surface area contributed by atoms with Crippen molar-refractivity contribution >= 4 is 24.3 Å². The van der Waals surface area contributed by atoms with Crippen LogP contribution in [0.4, 0.5) is 0 Å². The highest BCUT2D eigenvalue weighted by molar-refractivity contribution is 6.02. The SMILES string of the molecule is Cl.NC(N)=NC(=O)c1cnn(-c2ccccc2-c2ccccc2)c1C1CC1. The molecule has 4 rings (SSSR count). The summed E-state index contributed by atoms with van der Waals surface area (Å²) in [6.07, 6.45) is 3.62. The molecule has 1 fully saturated rings. The first-order chi connectivity index (χ1) is 12.6. The molecule has 2 aromatic carbocycles. The lowest BCUT2D eigenvalue weighted by Crippen LogP contribution is -2.24. The molecule has 0 radical (unpaired) electrons. The van der Waals surface area contributed by atoms with Crippen LogP contribution in [-0.4, -0.2) is 21.6 Å². The topological polar surface area (TPSA) is 99.3 Å². The van der Waals surface area contributed by atoms with Gasteiger partial charge in [-0.1, -0.05) is 48.5 Å². The van der Waals surface area contributed by atoms with E-state index in [0.29, 0.717) is 11.5 Å². The molecule has 0 spiro atoms. The number of aliphatic imine (C=N–C) groups is 1. The van der Waals surface area contributed by atoms with Gasteiger partial charge in [0, 0.05) is 11.5 Å². The number of nitrogens with zero attached hydrogens (tertiary/aromatic N) is 3. The van der Waals surface area contributed by atoms with E-state index in [1.807, 2.05) is 41.1 Å². The van der Waals surface area contributed by atoms with E-state index in [-0.39, 0.29) is 18.4 Å². The first-order valence-corrected chi connectivity index (χ1v) is 8.52. The quantitative estimate of drug-likeness (QED) is 0.535. The van der Waals surface area contributed by atoms with E-state index in [1.165, 1.54) is 0 Å². The number of rotatable bonds is 4. The molecule has 1 aromatic heterocycles. The van der Waals surface area contributed by atoms with Crippen LogP contribution in [0.3, 0.4) is 0 Å². The molecular weight excluding hydrogens is 362 g/mol. The van der Waals surface area contributed by atoms with Crippen molar-refractivity contribution in [2.75, 3.05) is 0 Å². The second-order valence-corrected chi connectivity index (χ2v) is 6.35. The average Bonchev–Trinajstić information content (AvgIpc) is 3.39. The van der Waals surface area contributed by atoms with Gasteiger partial charge in [0.05, 0.1) is 23.1 Å². The van der Waals surface area contributed by atoms with E-state index < -0.39 is 5.91 Å². The van der Waals surface area contributed by atoms with Gasteiger partial charge >= 0.3 is 0 Å². The molecule has 7 heteroatoms. The third kappa shape index (κ3) is 3.71. The molecule has 0 saturated heterocycles. The fraction of sp³-hybridized carbons (Fsp3) is 0.150. The third-order valence-electron chi connectivity index (χ3n) is 4.45. The summed E-state index contributed by atoms with van der Waals surface area (Å²) in [5, 5.41) is 4.51. The first-order valence-electron chi connectivity index (χ1n) is 8.52. The molecule has 0 atom stereocenters. The fourth-order valence-electron chi connectivity index (χ4n) is 3.16. The summed E-state index contributed by atoms with van der Waals surface area (Å²) in [6.45, 7) is 0. The van der Waals surface area contributed by atoms with Gasteiger partial charge in [0.15, 0.2) is 5.96 Å². The zero-order valence-electron chi connectivity index (χ0n) is 14.6. The van der Waals surface area contributed by atoms with E-state index >= 15 is 0 Å². The van der Waals surface area contributed by atoms with E-state index in [9.17, 15) is 4.79 Å². The zero-order chi connectivity index (χ0) is 18.1. The van der Waals surface area contributed by atoms with Gasteiger partial charge < -0.3 is 11.5 Å². The van der Waals surface area contributed by atoms with Crippen molar-refractivity contribution in [2.24, 2.45) is 16.5 Å². The normalized spacial score (nSPS) is 12.9. The largest absolute Gasteiger partial charge is 0.370 e. The Labute approximate surface area is 163 Å². The summed E-state index contributed by atoms with van der Waals surface area (Å²) in [5.74, 6) is -0.390. The van der Waals surface area contributed by atoms with E-state index in [1.54, 1.807) is 6.20 Å². The predicted octanol–water partition coefficient (Wildman–Crippen LogP) is 3.25. The number of carbonyl (C=O) groups excluding carboxylic acids is 1. The molecule has 138 valence electrons. The van der Waals surface area contributed by atoms with Crippen LogP contribution in [0.15, 0.2) is 65.8 Å². The monoisotopic (exact) mass is 381 g/mol. The van der Waals surface area contributed by atoms with Crippen LogP contribution in [0.25, 0.3) is 16.8 Å². The summed E-state index contributed by atoms with van der Waals surface area (Å²) >= 11 is 0. The van der Waals surface area contributed by atoms with Gasteiger partial charge in [-0.05, 0) is 24.5 Å². The van der Waals surface area contributed by atoms with Crippen LogP contribution >= 0.6 is 12.4 Å². The lowest BCUT2D eigenvalue weighted by atomic mass is 10.0. The van der Waals surface area contributed by atoms with Crippen LogP contribution in [0.2, 0.25) is 0 Å². The van der Waals surface area contributed by atoms with Crippen molar-refractivity contribution in [3.05, 3.63) is 72.1 Å². The molecule has 0 unspecified atom stereocenters. The van der Waals surface area contributed by atoms with Gasteiger partial charge in [0.1, 0.15) is 0 Å². The van der Waals surface area contributed by atoms with E-state index in [2.05, 4.69) is 28.3 Å². The maximum absolute atomic E-state index is 12.4. The molecule has 1 aliphatic carbocycles. The van der Waals surface area contributed by atoms with Gasteiger partial charge in [-0.25, -0.2) is 4.68 Å². The van der Waals surface area contributed by atoms with Gasteiger partial charge in [0.2, 0.25) is 0 Å². The molecule has 1 aliphatic rings. The maximum Gasteiger partial charge on any atom is 0.283 e. The second kappa shape index (κ2) is 7.63. The van der Waals surface area contributed by atoms with Crippen molar-refractivity contribution in [1.82, 2.24) is 9.78 Å². The summed E-state index contributed by atoms with van der Waals surface area (Å²) in [6, 6.07) is 18.2. The van der Waals surface area contributed by atoms with Crippen molar-refractivity contribution in [3.8, 4) is 16.8 Å². The number of halogens is 1. The maximum atomic E-state index is 12.4. The van der Waals surface area contributed by atoms with Crippen LogP contribution < -0.4 is 11.5 Å². The summed E-state index contributed by atoms with van der Waals surface area (Å²) in [4.78, 5) is 16.1. The number of hydrogen-bond donors (Lipinski definition) is 2. The Hall–Kier alpha value is -3.12. The minimum Gasteiger partial charge on any atom is -0.370 e. The predicted molar refractivity (Wildman–Crippen MR) is 108 cm³/mol. The molecule has 1 heterocycles. The summed E-state index contributed by atoms with van der Waals surface area (Å²) in [5.41, 5.74) is 15.2. The lowest BCUT2D eigenvalue weighted by molar-refractivity contribution is 0.100. The number of carbonyl (C=O) groups is 1. The summed E-state index contributed by atoms with van der Waals surface area (Å²) < 4.78 is 1.86. The van der Waals surface area contributed by atoms with Crippen molar-refractivity contribution in [3.63, 3.8) is 0 Å². The Morgan fingerprint density at radius 2 is 1.70 bits per heavy atom. The average molecular weight is 382 g/mol. The number of para-hydroxylation sites is 1. The highest BCUT2D eigenvalue weighted by Gasteiger charge is 2.33. The van der Waals surface area contributed by atoms with Gasteiger partial charge in [-0.2, -0.15) is 10.1 Å². The lowest BCUT2D eigenvalue weighted by Gasteiger charge is -2.13. The number of hydrogen-bond acceptors (Lipinski definition) is 2. The van der Waals surface area contributed by atoms with Crippen LogP contribution in [0.5, 0.6) is 0 Å². The number of nitrogens with two attached hydrogens (primary N) is 2. The van der Waals surface area contributed by atoms with Crippen LogP contribution in [0, 0.1) is 0 Å². The van der Waals surface area contributed by atoms with Gasteiger partial charge in [-0.15, -0.1) is 12.4 Å². The number of benzene rings is 2. The molecule has 0 bridgehead atoms. The molecule has 0 aliphatic heterocycles.